The third-order valence-electron chi connectivity index (χ3n) is 2.77. The van der Waals surface area contributed by atoms with Crippen LogP contribution >= 0.6 is 0 Å². The Kier molecular flexibility index (Phi) is 3.63. The Morgan fingerprint density at radius 2 is 1.83 bits per heavy atom. The van der Waals surface area contributed by atoms with E-state index in [-0.39, 0.29) is 5.84 Å². The number of benzene rings is 2. The molecule has 3 nitrogen and oxygen atoms in total. The van der Waals surface area contributed by atoms with E-state index in [1.807, 2.05) is 36.4 Å². The zero-order valence-electron chi connectivity index (χ0n) is 10.3. The predicted molar refractivity (Wildman–Crippen MR) is 74.0 cm³/mol. The quantitative estimate of drug-likeness (QED) is 0.637. The summed E-state index contributed by atoms with van der Waals surface area (Å²) < 4.78 is 5.28. The minimum absolute atomic E-state index is 0.138. The standard InChI is InChI=1S/C15H16N2O/c1-18-14-8-7-12(9-13(14)10-15(16)17)11-5-3-2-4-6-11/h2-9H,10H2,1H3,(H3,16,17). The Morgan fingerprint density at radius 3 is 2.44 bits per heavy atom. The Labute approximate surface area is 107 Å². The van der Waals surface area contributed by atoms with Gasteiger partial charge in [0, 0.05) is 12.0 Å². The van der Waals surface area contributed by atoms with Gasteiger partial charge in [-0.3, -0.25) is 5.41 Å². The van der Waals surface area contributed by atoms with Crippen molar-refractivity contribution in [3.8, 4) is 16.9 Å². The number of methoxy groups -OCH3 is 1. The van der Waals surface area contributed by atoms with Gasteiger partial charge >= 0.3 is 0 Å². The molecule has 18 heavy (non-hydrogen) atoms. The molecule has 0 spiro atoms. The molecule has 3 heteroatoms. The Morgan fingerprint density at radius 1 is 1.11 bits per heavy atom. The van der Waals surface area contributed by atoms with Gasteiger partial charge < -0.3 is 10.5 Å². The normalized spacial score (nSPS) is 10.1. The molecule has 0 aromatic heterocycles. The minimum atomic E-state index is 0.138. The molecule has 3 N–H and O–H groups in total. The van der Waals surface area contributed by atoms with Crippen LogP contribution in [0.4, 0.5) is 0 Å². The van der Waals surface area contributed by atoms with Crippen molar-refractivity contribution in [1.82, 2.24) is 0 Å². The maximum atomic E-state index is 7.40. The van der Waals surface area contributed by atoms with Crippen molar-refractivity contribution in [1.29, 1.82) is 5.41 Å². The van der Waals surface area contributed by atoms with E-state index in [0.29, 0.717) is 6.42 Å². The first-order valence-electron chi connectivity index (χ1n) is 5.76. The summed E-state index contributed by atoms with van der Waals surface area (Å²) in [7, 11) is 1.63. The largest absolute Gasteiger partial charge is 0.496 e. The first-order chi connectivity index (χ1) is 8.70. The second-order valence-corrected chi connectivity index (χ2v) is 4.09. The highest BCUT2D eigenvalue weighted by atomic mass is 16.5. The molecule has 0 aliphatic rings. The average Bonchev–Trinajstić information content (AvgIpc) is 2.39. The van der Waals surface area contributed by atoms with Crippen LogP contribution in [0.15, 0.2) is 48.5 Å². The summed E-state index contributed by atoms with van der Waals surface area (Å²) in [6, 6.07) is 16.1. The maximum absolute atomic E-state index is 7.40. The van der Waals surface area contributed by atoms with E-state index in [2.05, 4.69) is 12.1 Å². The first kappa shape index (κ1) is 12.2. The van der Waals surface area contributed by atoms with Crippen molar-refractivity contribution in [2.45, 2.75) is 6.42 Å². The monoisotopic (exact) mass is 240 g/mol. The molecule has 0 unspecified atom stereocenters. The summed E-state index contributed by atoms with van der Waals surface area (Å²) in [6.45, 7) is 0. The van der Waals surface area contributed by atoms with Gasteiger partial charge in [0.25, 0.3) is 0 Å². The van der Waals surface area contributed by atoms with Gasteiger partial charge in [-0.1, -0.05) is 36.4 Å². The van der Waals surface area contributed by atoms with Crippen LogP contribution in [0.3, 0.4) is 0 Å². The topological polar surface area (TPSA) is 59.1 Å². The first-order valence-corrected chi connectivity index (χ1v) is 5.76. The molecule has 2 rings (SSSR count). The van der Waals surface area contributed by atoms with Gasteiger partial charge in [-0.25, -0.2) is 0 Å². The second kappa shape index (κ2) is 5.36. The van der Waals surface area contributed by atoms with Crippen LogP contribution in [0, 0.1) is 5.41 Å². The molecule has 2 aromatic rings. The fraction of sp³-hybridized carbons (Fsp3) is 0.133. The molecule has 0 aliphatic carbocycles. The van der Waals surface area contributed by atoms with Crippen LogP contribution in [0.25, 0.3) is 11.1 Å². The highest BCUT2D eigenvalue weighted by Gasteiger charge is 2.06. The van der Waals surface area contributed by atoms with Crippen molar-refractivity contribution in [2.24, 2.45) is 5.73 Å². The fourth-order valence-electron chi connectivity index (χ4n) is 1.93. The van der Waals surface area contributed by atoms with Crippen LogP contribution in [0.1, 0.15) is 5.56 Å². The van der Waals surface area contributed by atoms with Gasteiger partial charge in [-0.2, -0.15) is 0 Å². The van der Waals surface area contributed by atoms with Gasteiger partial charge in [0.1, 0.15) is 5.75 Å². The molecule has 0 atom stereocenters. The van der Waals surface area contributed by atoms with Crippen molar-refractivity contribution in [2.75, 3.05) is 7.11 Å². The van der Waals surface area contributed by atoms with E-state index in [4.69, 9.17) is 15.9 Å². The molecule has 0 aliphatic heterocycles. The summed E-state index contributed by atoms with van der Waals surface area (Å²) in [6.07, 6.45) is 0.407. The minimum Gasteiger partial charge on any atom is -0.496 e. The molecule has 92 valence electrons. The number of ether oxygens (including phenoxy) is 1. The van der Waals surface area contributed by atoms with Crippen LogP contribution in [0.5, 0.6) is 5.75 Å². The van der Waals surface area contributed by atoms with Gasteiger partial charge in [0.15, 0.2) is 0 Å². The maximum Gasteiger partial charge on any atom is 0.122 e. The van der Waals surface area contributed by atoms with Crippen molar-refractivity contribution in [3.63, 3.8) is 0 Å². The van der Waals surface area contributed by atoms with E-state index < -0.39 is 0 Å². The highest BCUT2D eigenvalue weighted by Crippen LogP contribution is 2.26. The highest BCUT2D eigenvalue weighted by molar-refractivity contribution is 5.81. The SMILES string of the molecule is COc1ccc(-c2ccccc2)cc1CC(=N)N. The lowest BCUT2D eigenvalue weighted by molar-refractivity contribution is 0.411. The van der Waals surface area contributed by atoms with Crippen molar-refractivity contribution < 1.29 is 4.74 Å². The van der Waals surface area contributed by atoms with E-state index >= 15 is 0 Å². The van der Waals surface area contributed by atoms with Gasteiger partial charge in [0.2, 0.25) is 0 Å². The van der Waals surface area contributed by atoms with E-state index in [1.165, 1.54) is 0 Å². The summed E-state index contributed by atoms with van der Waals surface area (Å²) in [5.41, 5.74) is 8.65. The molecule has 0 amide bonds. The molecule has 0 radical (unpaired) electrons. The zero-order valence-corrected chi connectivity index (χ0v) is 10.3. The number of hydrogen-bond acceptors (Lipinski definition) is 2. The summed E-state index contributed by atoms with van der Waals surface area (Å²) in [5.74, 6) is 0.906. The number of hydrogen-bond donors (Lipinski definition) is 2. The zero-order chi connectivity index (χ0) is 13.0. The van der Waals surface area contributed by atoms with Crippen LogP contribution < -0.4 is 10.5 Å². The molecule has 2 aromatic carbocycles. The summed E-state index contributed by atoms with van der Waals surface area (Å²) in [5, 5.41) is 7.40. The Balaban J connectivity index is 2.42. The molecule has 0 saturated carbocycles. The van der Waals surface area contributed by atoms with Gasteiger partial charge in [-0.15, -0.1) is 0 Å². The lowest BCUT2D eigenvalue weighted by Crippen LogP contribution is -2.13. The molecule has 0 saturated heterocycles. The van der Waals surface area contributed by atoms with E-state index in [9.17, 15) is 0 Å². The smallest absolute Gasteiger partial charge is 0.122 e. The Hall–Kier alpha value is -2.29. The van der Waals surface area contributed by atoms with Gasteiger partial charge in [-0.05, 0) is 23.3 Å². The predicted octanol–water partition coefficient (Wildman–Crippen LogP) is 2.84. The number of amidine groups is 1. The van der Waals surface area contributed by atoms with E-state index in [0.717, 1.165) is 22.4 Å². The lowest BCUT2D eigenvalue weighted by atomic mass is 10.0. The summed E-state index contributed by atoms with van der Waals surface area (Å²) >= 11 is 0. The lowest BCUT2D eigenvalue weighted by Gasteiger charge is -2.10. The fourth-order valence-corrected chi connectivity index (χ4v) is 1.93. The number of nitrogens with one attached hydrogen (secondary N) is 1. The van der Waals surface area contributed by atoms with Crippen LogP contribution in [-0.2, 0) is 6.42 Å². The molecule has 0 bridgehead atoms. The van der Waals surface area contributed by atoms with Crippen molar-refractivity contribution >= 4 is 5.84 Å². The van der Waals surface area contributed by atoms with Crippen LogP contribution in [0.2, 0.25) is 0 Å². The third kappa shape index (κ3) is 2.69. The van der Waals surface area contributed by atoms with Gasteiger partial charge in [0.05, 0.1) is 12.9 Å². The Bertz CT molecular complexity index is 550. The molecule has 0 heterocycles. The van der Waals surface area contributed by atoms with Crippen LogP contribution in [-0.4, -0.2) is 12.9 Å². The number of rotatable bonds is 4. The molecule has 0 fully saturated rings. The average molecular weight is 240 g/mol. The molecular formula is C15H16N2O. The van der Waals surface area contributed by atoms with E-state index in [1.54, 1.807) is 7.11 Å². The third-order valence-corrected chi connectivity index (χ3v) is 2.77. The molecular weight excluding hydrogens is 224 g/mol. The summed E-state index contributed by atoms with van der Waals surface area (Å²) in [4.78, 5) is 0. The van der Waals surface area contributed by atoms with Crippen molar-refractivity contribution in [3.05, 3.63) is 54.1 Å². The second-order valence-electron chi connectivity index (χ2n) is 4.09. The number of nitrogens with two attached hydrogens (primary N) is 1.